The monoisotopic (exact) mass is 691 g/mol. The maximum Gasteiger partial charge on any atom is 0.485 e. The van der Waals surface area contributed by atoms with Gasteiger partial charge in [0, 0.05) is 27.3 Å². The predicted octanol–water partition coefficient (Wildman–Crippen LogP) is -3.94. The van der Waals surface area contributed by atoms with E-state index in [0.29, 0.717) is 0 Å². The van der Waals surface area contributed by atoms with Crippen LogP contribution in [0.2, 0.25) is 0 Å². The van der Waals surface area contributed by atoms with Crippen LogP contribution in [0.1, 0.15) is 13.2 Å². The number of carbonyl (C=O) groups excluding carboxylic acids is 2. The number of nitrogens with one attached hydrogen (secondary N) is 2. The van der Waals surface area contributed by atoms with Gasteiger partial charge in [0.1, 0.15) is 48.5 Å². The maximum atomic E-state index is 13.4. The Hall–Kier alpha value is -2.40. The fraction of sp³-hybridized carbons (Fsp3) is 0.714. The van der Waals surface area contributed by atoms with Crippen LogP contribution in [0.15, 0.2) is 17.1 Å². The van der Waals surface area contributed by atoms with E-state index in [4.69, 9.17) is 37.6 Å². The lowest BCUT2D eigenvalue weighted by Gasteiger charge is -2.42. The molecule has 22 nitrogen and oxygen atoms in total. The van der Waals surface area contributed by atoms with Crippen molar-refractivity contribution in [3.8, 4) is 0 Å². The molecule has 3 heterocycles. The topological polar surface area (TPSA) is 319 Å². The summed E-state index contributed by atoms with van der Waals surface area (Å²) in [5.74, 6) is -1.59. The van der Waals surface area contributed by atoms with E-state index < -0.39 is 108 Å². The van der Waals surface area contributed by atoms with Gasteiger partial charge in [-0.25, -0.2) is 13.9 Å². The first kappa shape index (κ1) is 37.1. The van der Waals surface area contributed by atoms with Crippen LogP contribution in [0.4, 0.5) is 5.82 Å². The Kier molecular flexibility index (Phi) is 12.7. The summed E-state index contributed by atoms with van der Waals surface area (Å²) in [5, 5.41) is 55.6. The largest absolute Gasteiger partial charge is 0.485 e. The number of aliphatic hydroxyl groups is 5. The van der Waals surface area contributed by atoms with Gasteiger partial charge >= 0.3 is 21.3 Å². The summed E-state index contributed by atoms with van der Waals surface area (Å²) in [7, 11) is -8.48. The summed E-state index contributed by atoms with van der Waals surface area (Å²) in [6.45, 7) is -1.17. The minimum Gasteiger partial charge on any atom is -0.394 e. The van der Waals surface area contributed by atoms with Gasteiger partial charge in [0.25, 0.3) is 0 Å². The molecule has 0 aliphatic carbocycles. The summed E-state index contributed by atoms with van der Waals surface area (Å²) in [4.78, 5) is 39.1. The molecule has 0 bridgehead atoms. The second-order valence-electron chi connectivity index (χ2n) is 9.54. The number of phosphoric ester groups is 2. The second-order valence-corrected chi connectivity index (χ2v) is 13.2. The number of phosphoric acid groups is 2. The fourth-order valence-electron chi connectivity index (χ4n) is 4.10. The zero-order valence-corrected chi connectivity index (χ0v) is 25.8. The summed E-state index contributed by atoms with van der Waals surface area (Å²) in [6.07, 6.45) is -12.4. The van der Waals surface area contributed by atoms with E-state index >= 15 is 0 Å². The number of anilines is 1. The van der Waals surface area contributed by atoms with E-state index in [1.807, 2.05) is 0 Å². The molecular weight excluding hydrogens is 656 g/mol. The lowest BCUT2D eigenvalue weighted by molar-refractivity contribution is -0.248. The van der Waals surface area contributed by atoms with E-state index in [2.05, 4.69) is 15.6 Å². The summed E-state index contributed by atoms with van der Waals surface area (Å²) in [5.41, 5.74) is 4.54. The molecule has 11 unspecified atom stereocenters. The summed E-state index contributed by atoms with van der Waals surface area (Å²) >= 11 is 0. The van der Waals surface area contributed by atoms with Crippen molar-refractivity contribution in [2.45, 2.75) is 62.1 Å². The van der Waals surface area contributed by atoms with Crippen molar-refractivity contribution < 1.29 is 76.1 Å². The van der Waals surface area contributed by atoms with Crippen molar-refractivity contribution in [2.75, 3.05) is 39.7 Å². The van der Waals surface area contributed by atoms with E-state index in [1.165, 1.54) is 6.07 Å². The van der Waals surface area contributed by atoms with Crippen LogP contribution in [0.5, 0.6) is 0 Å². The molecule has 2 aliphatic heterocycles. The van der Waals surface area contributed by atoms with Gasteiger partial charge in [-0.3, -0.25) is 32.3 Å². The summed E-state index contributed by atoms with van der Waals surface area (Å²) < 4.78 is 63.1. The molecule has 2 aliphatic rings. The quantitative estimate of drug-likeness (QED) is 0.0863. The molecule has 256 valence electrons. The molecule has 2 saturated heterocycles. The number of nitrogen functional groups attached to an aromatic ring is 1. The number of aliphatic hydroxyl groups excluding tert-OH is 5. The third-order valence-corrected chi connectivity index (χ3v) is 9.87. The Morgan fingerprint density at radius 1 is 1.04 bits per heavy atom. The van der Waals surface area contributed by atoms with Gasteiger partial charge in [0.05, 0.1) is 19.8 Å². The van der Waals surface area contributed by atoms with Gasteiger partial charge in [0.15, 0.2) is 12.5 Å². The van der Waals surface area contributed by atoms with E-state index in [9.17, 15) is 49.0 Å². The standard InChI is InChI=1S/C21H35N5O17P2/c1-9(28)23-6-13(29)25-14-17(32)15(30)10(7-27)41-20(14)42-45(36,38-3)43-44(35,37-2)39-8-11-16(31)18(33)19(40-11)26-5-4-12(22)24-21(26)34/h4-5,10-11,14-20,27,30-33H,6-8H2,1-3H3,(H,23,28)(H,25,29)(H2,22,24,34). The molecule has 45 heavy (non-hydrogen) atoms. The Morgan fingerprint density at radius 2 is 1.69 bits per heavy atom. The number of rotatable bonds is 14. The van der Waals surface area contributed by atoms with Crippen LogP contribution < -0.4 is 22.1 Å². The van der Waals surface area contributed by atoms with Crippen LogP contribution in [0.25, 0.3) is 0 Å². The number of carbonyl (C=O) groups is 2. The molecule has 3 rings (SSSR count). The number of nitrogens with zero attached hydrogens (tertiary/aromatic N) is 2. The predicted molar refractivity (Wildman–Crippen MR) is 145 cm³/mol. The van der Waals surface area contributed by atoms with Gasteiger partial charge < -0.3 is 51.4 Å². The number of nitrogens with two attached hydrogens (primary N) is 1. The minimum absolute atomic E-state index is 0.109. The normalized spacial score (nSPS) is 32.8. The molecule has 0 spiro atoms. The van der Waals surface area contributed by atoms with Crippen molar-refractivity contribution in [3.63, 3.8) is 0 Å². The summed E-state index contributed by atoms with van der Waals surface area (Å²) in [6, 6.07) is -0.480. The van der Waals surface area contributed by atoms with E-state index in [1.54, 1.807) is 0 Å². The first-order valence-corrected chi connectivity index (χ1v) is 15.9. The zero-order valence-electron chi connectivity index (χ0n) is 24.0. The van der Waals surface area contributed by atoms with Crippen molar-refractivity contribution in [1.29, 1.82) is 0 Å². The molecule has 0 saturated carbocycles. The molecule has 24 heteroatoms. The number of amides is 2. The number of hydrogen-bond acceptors (Lipinski definition) is 19. The van der Waals surface area contributed by atoms with Gasteiger partial charge in [-0.15, -0.1) is 0 Å². The van der Waals surface area contributed by atoms with Crippen molar-refractivity contribution in [3.05, 3.63) is 22.7 Å². The van der Waals surface area contributed by atoms with Gasteiger partial charge in [-0.05, 0) is 6.07 Å². The third kappa shape index (κ3) is 9.11. The van der Waals surface area contributed by atoms with Crippen LogP contribution in [0, 0.1) is 0 Å². The second kappa shape index (κ2) is 15.5. The Bertz CT molecular complexity index is 1350. The Morgan fingerprint density at radius 3 is 2.27 bits per heavy atom. The number of ether oxygens (including phenoxy) is 2. The van der Waals surface area contributed by atoms with Gasteiger partial charge in [0.2, 0.25) is 11.8 Å². The Balaban J connectivity index is 1.74. The van der Waals surface area contributed by atoms with Crippen molar-refractivity contribution in [2.24, 2.45) is 0 Å². The van der Waals surface area contributed by atoms with Crippen molar-refractivity contribution >= 4 is 33.3 Å². The first-order chi connectivity index (χ1) is 21.1. The SMILES string of the molecule is COP(=O)(OCC1OC(n2ccc(N)nc2=O)C(O)C1O)OP(=O)(OC)OC1OC(CO)C(O)C(O)C1NC(=O)CNC(C)=O. The minimum atomic E-state index is -5.11. The highest BCUT2D eigenvalue weighted by Crippen LogP contribution is 2.66. The molecule has 0 aromatic carbocycles. The first-order valence-electron chi connectivity index (χ1n) is 12.9. The van der Waals surface area contributed by atoms with Crippen LogP contribution in [0.3, 0.4) is 0 Å². The number of aromatic nitrogens is 2. The fourth-order valence-corrected chi connectivity index (χ4v) is 6.92. The molecule has 11 atom stereocenters. The smallest absolute Gasteiger partial charge is 0.394 e. The average Bonchev–Trinajstić information content (AvgIpc) is 3.27. The zero-order chi connectivity index (χ0) is 33.7. The lowest BCUT2D eigenvalue weighted by Crippen LogP contribution is -2.65. The molecule has 0 radical (unpaired) electrons. The van der Waals surface area contributed by atoms with E-state index in [-0.39, 0.29) is 5.82 Å². The van der Waals surface area contributed by atoms with Crippen molar-refractivity contribution in [1.82, 2.24) is 20.2 Å². The van der Waals surface area contributed by atoms with Crippen LogP contribution >= 0.6 is 15.6 Å². The highest BCUT2D eigenvalue weighted by molar-refractivity contribution is 7.62. The van der Waals surface area contributed by atoms with Crippen LogP contribution in [-0.2, 0) is 50.6 Å². The lowest BCUT2D eigenvalue weighted by atomic mass is 9.97. The highest BCUT2D eigenvalue weighted by Gasteiger charge is 2.51. The maximum absolute atomic E-state index is 13.4. The van der Waals surface area contributed by atoms with Gasteiger partial charge in [-0.2, -0.15) is 9.29 Å². The average molecular weight is 691 g/mol. The van der Waals surface area contributed by atoms with E-state index in [0.717, 1.165) is 31.9 Å². The molecule has 1 aromatic rings. The molecule has 1 aromatic heterocycles. The Labute approximate surface area is 254 Å². The third-order valence-electron chi connectivity index (χ3n) is 6.45. The molecule has 2 fully saturated rings. The highest BCUT2D eigenvalue weighted by atomic mass is 31.3. The number of hydrogen-bond donors (Lipinski definition) is 8. The van der Waals surface area contributed by atoms with Gasteiger partial charge in [-0.1, -0.05) is 0 Å². The van der Waals surface area contributed by atoms with Crippen LogP contribution in [-0.4, -0.2) is 130 Å². The molecule has 2 amide bonds. The molecule has 9 N–H and O–H groups in total. The molecular formula is C21H35N5O17P2.